The van der Waals surface area contributed by atoms with E-state index in [0.717, 1.165) is 5.56 Å². The van der Waals surface area contributed by atoms with Crippen LogP contribution in [0.15, 0.2) is 50.6 Å². The molecule has 1 aliphatic rings. The van der Waals surface area contributed by atoms with Gasteiger partial charge in [-0.3, -0.25) is 14.3 Å². The Morgan fingerprint density at radius 2 is 2.12 bits per heavy atom. The van der Waals surface area contributed by atoms with E-state index in [0.29, 0.717) is 19.4 Å². The number of rotatable bonds is 6. The summed E-state index contributed by atoms with van der Waals surface area (Å²) >= 11 is 3.08. The summed E-state index contributed by atoms with van der Waals surface area (Å²) in [5, 5.41) is 0. The molecule has 1 aromatic carbocycles. The molecule has 0 aliphatic carbocycles. The Kier molecular flexibility index (Phi) is 5.51. The highest BCUT2D eigenvalue weighted by atomic mass is 79.9. The molecule has 2 atom stereocenters. The lowest BCUT2D eigenvalue weighted by molar-refractivity contribution is -0.125. The van der Waals surface area contributed by atoms with E-state index < -0.39 is 29.8 Å². The number of ether oxygens (including phenoxy) is 2. The Morgan fingerprint density at radius 1 is 1.36 bits per heavy atom. The Hall–Kier alpha value is -1.77. The van der Waals surface area contributed by atoms with E-state index in [-0.39, 0.29) is 11.1 Å². The summed E-state index contributed by atoms with van der Waals surface area (Å²) in [5.74, 6) is 0. The summed E-state index contributed by atoms with van der Waals surface area (Å²) in [6, 6.07) is 9.59. The predicted octanol–water partition coefficient (Wildman–Crippen LogP) is 2.53. The van der Waals surface area contributed by atoms with Crippen LogP contribution in [0.2, 0.25) is 0 Å². The number of benzene rings is 1. The molecule has 1 aliphatic heterocycles. The topological polar surface area (TPSA) is 73.3 Å². The fourth-order valence-electron chi connectivity index (χ4n) is 2.84. The van der Waals surface area contributed by atoms with Gasteiger partial charge in [0.15, 0.2) is 0 Å². The van der Waals surface area contributed by atoms with Crippen molar-refractivity contribution in [3.8, 4) is 0 Å². The van der Waals surface area contributed by atoms with E-state index in [2.05, 4.69) is 20.9 Å². The molecule has 134 valence electrons. The minimum absolute atomic E-state index is 0.0914. The first-order valence-electron chi connectivity index (χ1n) is 7.89. The fraction of sp³-hybridized carbons (Fsp3) is 0.412. The lowest BCUT2D eigenvalue weighted by Gasteiger charge is -2.26. The van der Waals surface area contributed by atoms with Gasteiger partial charge in [-0.05, 0) is 34.3 Å². The molecule has 8 heteroatoms. The van der Waals surface area contributed by atoms with Gasteiger partial charge in [-0.25, -0.2) is 9.18 Å². The van der Waals surface area contributed by atoms with Gasteiger partial charge < -0.3 is 9.47 Å². The molecule has 0 radical (unpaired) electrons. The van der Waals surface area contributed by atoms with Crippen molar-refractivity contribution in [2.45, 2.75) is 31.3 Å². The summed E-state index contributed by atoms with van der Waals surface area (Å²) in [6.45, 7) is -0.257. The molecule has 0 spiro atoms. The summed E-state index contributed by atoms with van der Waals surface area (Å²) in [6.07, 6.45) is 1.60. The molecule has 6 nitrogen and oxygen atoms in total. The summed E-state index contributed by atoms with van der Waals surface area (Å²) in [5.41, 5.74) is -1.19. The highest BCUT2D eigenvalue weighted by Gasteiger charge is 2.42. The third kappa shape index (κ3) is 4.08. The van der Waals surface area contributed by atoms with Gasteiger partial charge in [-0.1, -0.05) is 30.3 Å². The van der Waals surface area contributed by atoms with Gasteiger partial charge in [-0.2, -0.15) is 0 Å². The molecule has 2 aromatic rings. The Bertz CT molecular complexity index is 839. The smallest absolute Gasteiger partial charge is 0.330 e. The lowest BCUT2D eigenvalue weighted by Crippen LogP contribution is -2.39. The van der Waals surface area contributed by atoms with Crippen LogP contribution in [0.25, 0.3) is 0 Å². The minimum Gasteiger partial charge on any atom is -0.374 e. The van der Waals surface area contributed by atoms with E-state index in [1.807, 2.05) is 30.3 Å². The molecular formula is C17H18BrFN2O4. The Morgan fingerprint density at radius 3 is 2.84 bits per heavy atom. The number of nitrogens with one attached hydrogen (secondary N) is 1. The first-order valence-corrected chi connectivity index (χ1v) is 8.69. The summed E-state index contributed by atoms with van der Waals surface area (Å²) in [7, 11) is 0. The maximum Gasteiger partial charge on any atom is 0.330 e. The molecule has 2 heterocycles. The van der Waals surface area contributed by atoms with Crippen LogP contribution in [0.3, 0.4) is 0 Å². The van der Waals surface area contributed by atoms with Crippen molar-refractivity contribution < 1.29 is 13.9 Å². The van der Waals surface area contributed by atoms with Crippen LogP contribution in [-0.4, -0.2) is 28.4 Å². The number of hydrogen-bond acceptors (Lipinski definition) is 4. The fourth-order valence-corrected chi connectivity index (χ4v) is 3.16. The SMILES string of the molecule is O=c1[nH]c(=O)n([C@@H]2CC[C@](CF)(COCc3ccccc3)O2)cc1Br. The highest BCUT2D eigenvalue weighted by molar-refractivity contribution is 9.10. The van der Waals surface area contributed by atoms with Crippen LogP contribution in [0.5, 0.6) is 0 Å². The molecule has 0 amide bonds. The van der Waals surface area contributed by atoms with Gasteiger partial charge in [0.25, 0.3) is 5.56 Å². The minimum atomic E-state index is -1.08. The van der Waals surface area contributed by atoms with Gasteiger partial charge in [0.1, 0.15) is 18.5 Å². The van der Waals surface area contributed by atoms with Crippen LogP contribution in [0, 0.1) is 0 Å². The maximum absolute atomic E-state index is 13.7. The number of aromatic nitrogens is 2. The number of halogens is 2. The number of nitrogens with zero attached hydrogens (tertiary/aromatic N) is 1. The molecule has 0 unspecified atom stereocenters. The second-order valence-corrected chi connectivity index (χ2v) is 6.90. The van der Waals surface area contributed by atoms with Crippen LogP contribution < -0.4 is 11.2 Å². The van der Waals surface area contributed by atoms with Crippen LogP contribution in [0.1, 0.15) is 24.6 Å². The molecule has 0 bridgehead atoms. The average molecular weight is 413 g/mol. The molecule has 1 N–H and O–H groups in total. The van der Waals surface area contributed by atoms with Crippen LogP contribution in [-0.2, 0) is 16.1 Å². The molecule has 25 heavy (non-hydrogen) atoms. The second-order valence-electron chi connectivity index (χ2n) is 6.05. The number of alkyl halides is 1. The molecule has 1 aromatic heterocycles. The van der Waals surface area contributed by atoms with Gasteiger partial charge in [0.2, 0.25) is 0 Å². The summed E-state index contributed by atoms with van der Waals surface area (Å²) < 4.78 is 26.6. The molecule has 0 saturated carbocycles. The third-order valence-corrected chi connectivity index (χ3v) is 4.75. The van der Waals surface area contributed by atoms with Crippen molar-refractivity contribution in [3.05, 3.63) is 67.4 Å². The van der Waals surface area contributed by atoms with Gasteiger partial charge >= 0.3 is 5.69 Å². The average Bonchev–Trinajstić information content (AvgIpc) is 3.04. The zero-order valence-electron chi connectivity index (χ0n) is 13.4. The van der Waals surface area contributed by atoms with Crippen LogP contribution >= 0.6 is 15.9 Å². The molecule has 1 fully saturated rings. The van der Waals surface area contributed by atoms with Gasteiger partial charge in [-0.15, -0.1) is 0 Å². The van der Waals surface area contributed by atoms with Gasteiger partial charge in [0, 0.05) is 6.20 Å². The molecule has 3 rings (SSSR count). The van der Waals surface area contributed by atoms with Crippen molar-refractivity contribution >= 4 is 15.9 Å². The van der Waals surface area contributed by atoms with Crippen LogP contribution in [0.4, 0.5) is 4.39 Å². The normalized spacial score (nSPS) is 23.0. The lowest BCUT2D eigenvalue weighted by atomic mass is 10.0. The highest BCUT2D eigenvalue weighted by Crippen LogP contribution is 2.36. The quantitative estimate of drug-likeness (QED) is 0.790. The third-order valence-electron chi connectivity index (χ3n) is 4.19. The number of aromatic amines is 1. The van der Waals surface area contributed by atoms with E-state index in [4.69, 9.17) is 9.47 Å². The van der Waals surface area contributed by atoms with E-state index in [9.17, 15) is 14.0 Å². The maximum atomic E-state index is 13.7. The van der Waals surface area contributed by atoms with Crippen molar-refractivity contribution in [2.75, 3.05) is 13.3 Å². The van der Waals surface area contributed by atoms with E-state index in [1.54, 1.807) is 0 Å². The molecular weight excluding hydrogens is 395 g/mol. The van der Waals surface area contributed by atoms with Crippen molar-refractivity contribution in [1.29, 1.82) is 0 Å². The first kappa shape index (κ1) is 18.0. The zero-order valence-corrected chi connectivity index (χ0v) is 15.0. The van der Waals surface area contributed by atoms with E-state index >= 15 is 0 Å². The predicted molar refractivity (Wildman–Crippen MR) is 93.2 cm³/mol. The largest absolute Gasteiger partial charge is 0.374 e. The standard InChI is InChI=1S/C17H18BrFN2O4/c18-13-8-21(16(23)20-15(13)22)14-6-7-17(10-19,25-14)11-24-9-12-4-2-1-3-5-12/h1-5,8,14H,6-7,9-11H2,(H,20,22,23)/t14-,17-/m0/s1. The summed E-state index contributed by atoms with van der Waals surface area (Å²) in [4.78, 5) is 25.6. The van der Waals surface area contributed by atoms with Crippen molar-refractivity contribution in [2.24, 2.45) is 0 Å². The first-order chi connectivity index (χ1) is 12.0. The second kappa shape index (κ2) is 7.63. The Balaban J connectivity index is 1.67. The monoisotopic (exact) mass is 412 g/mol. The number of H-pyrrole nitrogens is 1. The van der Waals surface area contributed by atoms with Crippen molar-refractivity contribution in [3.63, 3.8) is 0 Å². The Labute approximate surface area is 151 Å². The number of hydrogen-bond donors (Lipinski definition) is 1. The van der Waals surface area contributed by atoms with Gasteiger partial charge in [0.05, 0.1) is 17.7 Å². The van der Waals surface area contributed by atoms with E-state index in [1.165, 1.54) is 10.8 Å². The zero-order chi connectivity index (χ0) is 17.9. The van der Waals surface area contributed by atoms with Crippen molar-refractivity contribution in [1.82, 2.24) is 9.55 Å². The molecule has 1 saturated heterocycles.